The van der Waals surface area contributed by atoms with Crippen LogP contribution in [0.2, 0.25) is 0 Å². The molecule has 0 bridgehead atoms. The zero-order valence-electron chi connectivity index (χ0n) is 15.3. The Bertz CT molecular complexity index is 683. The van der Waals surface area contributed by atoms with Gasteiger partial charge in [0.05, 0.1) is 11.1 Å². The highest BCUT2D eigenvalue weighted by Gasteiger charge is 2.45. The van der Waals surface area contributed by atoms with Gasteiger partial charge < -0.3 is 9.84 Å². The molecular formula is C20H27NO4. The van der Waals surface area contributed by atoms with Crippen LogP contribution in [0.3, 0.4) is 0 Å². The first-order chi connectivity index (χ1) is 11.7. The van der Waals surface area contributed by atoms with E-state index in [0.717, 1.165) is 42.5 Å². The number of anilines is 1. The molecule has 1 aliphatic heterocycles. The van der Waals surface area contributed by atoms with Crippen molar-refractivity contribution in [2.45, 2.75) is 70.3 Å². The summed E-state index contributed by atoms with van der Waals surface area (Å²) < 4.78 is 5.55. The molecule has 1 heterocycles. The lowest BCUT2D eigenvalue weighted by atomic mass is 9.68. The minimum absolute atomic E-state index is 0.393. The monoisotopic (exact) mass is 345 g/mol. The van der Waals surface area contributed by atoms with Crippen molar-refractivity contribution >= 4 is 17.7 Å². The van der Waals surface area contributed by atoms with Crippen molar-refractivity contribution in [3.8, 4) is 0 Å². The number of fused-ring (bicyclic) bond motifs is 1. The molecule has 3 rings (SSSR count). The molecule has 1 N–H and O–H groups in total. The number of carbonyl (C=O) groups is 2. The summed E-state index contributed by atoms with van der Waals surface area (Å²) in [6.45, 7) is 6.06. The number of carboxylic acids is 1. The zero-order valence-corrected chi connectivity index (χ0v) is 15.3. The fraction of sp³-hybridized carbons (Fsp3) is 0.600. The molecular weight excluding hydrogens is 318 g/mol. The molecule has 0 radical (unpaired) electrons. The Balaban J connectivity index is 2.05. The van der Waals surface area contributed by atoms with Gasteiger partial charge in [0.25, 0.3) is 0 Å². The average Bonchev–Trinajstić information content (AvgIpc) is 2.98. The molecule has 1 aliphatic carbocycles. The number of aliphatic carboxylic acids is 1. The van der Waals surface area contributed by atoms with Gasteiger partial charge in [-0.15, -0.1) is 0 Å². The second kappa shape index (κ2) is 6.36. The summed E-state index contributed by atoms with van der Waals surface area (Å²) in [5.74, 6) is -0.781. The predicted octanol–water partition coefficient (Wildman–Crippen LogP) is 4.27. The SMILES string of the molecule is CC(C)(C)OC(=O)N1CCc2cccc(C3(C(=O)O)CCCCC3)c21. The number of carboxylic acid groups (broad SMARTS) is 1. The van der Waals surface area contributed by atoms with Crippen molar-refractivity contribution in [2.24, 2.45) is 0 Å². The summed E-state index contributed by atoms with van der Waals surface area (Å²) in [6, 6.07) is 5.80. The number of amides is 1. The zero-order chi connectivity index (χ0) is 18.2. The molecule has 1 saturated carbocycles. The maximum absolute atomic E-state index is 12.7. The Labute approximate surface area is 149 Å². The summed E-state index contributed by atoms with van der Waals surface area (Å²) in [5.41, 5.74) is 1.11. The topological polar surface area (TPSA) is 66.8 Å². The molecule has 5 heteroatoms. The summed E-state index contributed by atoms with van der Waals surface area (Å²) in [5, 5.41) is 10.1. The quantitative estimate of drug-likeness (QED) is 0.869. The fourth-order valence-corrected chi connectivity index (χ4v) is 4.10. The van der Waals surface area contributed by atoms with Gasteiger partial charge in [-0.3, -0.25) is 9.69 Å². The van der Waals surface area contributed by atoms with E-state index in [1.54, 1.807) is 4.90 Å². The van der Waals surface area contributed by atoms with E-state index in [2.05, 4.69) is 0 Å². The second-order valence-electron chi connectivity index (χ2n) is 8.14. The van der Waals surface area contributed by atoms with Gasteiger partial charge in [0.1, 0.15) is 5.60 Å². The van der Waals surface area contributed by atoms with E-state index in [1.165, 1.54) is 0 Å². The average molecular weight is 345 g/mol. The third-order valence-corrected chi connectivity index (χ3v) is 5.24. The minimum atomic E-state index is -0.895. The predicted molar refractivity (Wildman–Crippen MR) is 96.1 cm³/mol. The summed E-state index contributed by atoms with van der Waals surface area (Å²) >= 11 is 0. The first-order valence-corrected chi connectivity index (χ1v) is 9.11. The molecule has 0 saturated heterocycles. The molecule has 25 heavy (non-hydrogen) atoms. The van der Waals surface area contributed by atoms with Crippen molar-refractivity contribution in [2.75, 3.05) is 11.4 Å². The van der Waals surface area contributed by atoms with Crippen LogP contribution in [0.15, 0.2) is 18.2 Å². The normalized spacial score (nSPS) is 19.4. The number of benzene rings is 1. The van der Waals surface area contributed by atoms with Crippen LogP contribution in [-0.2, 0) is 21.4 Å². The summed E-state index contributed by atoms with van der Waals surface area (Å²) in [4.78, 5) is 26.6. The van der Waals surface area contributed by atoms with Crippen molar-refractivity contribution in [3.05, 3.63) is 29.3 Å². The first kappa shape index (κ1) is 17.8. The van der Waals surface area contributed by atoms with Crippen LogP contribution in [0, 0.1) is 0 Å². The molecule has 1 aromatic rings. The van der Waals surface area contributed by atoms with Crippen LogP contribution in [-0.4, -0.2) is 29.3 Å². The highest BCUT2D eigenvalue weighted by atomic mass is 16.6. The lowest BCUT2D eigenvalue weighted by molar-refractivity contribution is -0.145. The highest BCUT2D eigenvalue weighted by Crippen LogP contribution is 2.46. The second-order valence-corrected chi connectivity index (χ2v) is 8.14. The molecule has 2 aliphatic rings. The third-order valence-electron chi connectivity index (χ3n) is 5.24. The molecule has 1 fully saturated rings. The lowest BCUT2D eigenvalue weighted by Gasteiger charge is -2.36. The number of nitrogens with zero attached hydrogens (tertiary/aromatic N) is 1. The molecule has 0 spiro atoms. The van der Waals surface area contributed by atoms with Crippen molar-refractivity contribution in [1.82, 2.24) is 0 Å². The Hall–Kier alpha value is -2.04. The molecule has 0 aromatic heterocycles. The van der Waals surface area contributed by atoms with E-state index in [9.17, 15) is 14.7 Å². The summed E-state index contributed by atoms with van der Waals surface area (Å²) in [7, 11) is 0. The maximum Gasteiger partial charge on any atom is 0.414 e. The largest absolute Gasteiger partial charge is 0.481 e. The Morgan fingerprint density at radius 1 is 1.16 bits per heavy atom. The van der Waals surface area contributed by atoms with Crippen LogP contribution in [0.4, 0.5) is 10.5 Å². The minimum Gasteiger partial charge on any atom is -0.481 e. The number of ether oxygens (including phenoxy) is 1. The van der Waals surface area contributed by atoms with E-state index in [4.69, 9.17) is 4.74 Å². The number of hydrogen-bond acceptors (Lipinski definition) is 3. The highest BCUT2D eigenvalue weighted by molar-refractivity contribution is 5.95. The molecule has 0 unspecified atom stereocenters. The van der Waals surface area contributed by atoms with Gasteiger partial charge in [-0.25, -0.2) is 4.79 Å². The van der Waals surface area contributed by atoms with E-state index in [-0.39, 0.29) is 0 Å². The number of para-hydroxylation sites is 1. The fourth-order valence-electron chi connectivity index (χ4n) is 4.10. The summed E-state index contributed by atoms with van der Waals surface area (Å²) in [6.07, 6.45) is 4.47. The van der Waals surface area contributed by atoms with Gasteiger partial charge in [-0.2, -0.15) is 0 Å². The van der Waals surface area contributed by atoms with Crippen LogP contribution < -0.4 is 4.90 Å². The van der Waals surface area contributed by atoms with E-state index in [0.29, 0.717) is 19.4 Å². The van der Waals surface area contributed by atoms with Crippen LogP contribution >= 0.6 is 0 Å². The van der Waals surface area contributed by atoms with Crippen LogP contribution in [0.5, 0.6) is 0 Å². The molecule has 0 atom stereocenters. The molecule has 136 valence electrons. The first-order valence-electron chi connectivity index (χ1n) is 9.11. The van der Waals surface area contributed by atoms with Crippen LogP contribution in [0.25, 0.3) is 0 Å². The molecule has 5 nitrogen and oxygen atoms in total. The van der Waals surface area contributed by atoms with Gasteiger partial charge in [0, 0.05) is 6.54 Å². The van der Waals surface area contributed by atoms with Gasteiger partial charge in [0.2, 0.25) is 0 Å². The molecule has 1 amide bonds. The van der Waals surface area contributed by atoms with E-state index in [1.807, 2.05) is 39.0 Å². The number of carbonyl (C=O) groups excluding carboxylic acids is 1. The van der Waals surface area contributed by atoms with Crippen molar-refractivity contribution < 1.29 is 19.4 Å². The lowest BCUT2D eigenvalue weighted by Crippen LogP contribution is -2.41. The maximum atomic E-state index is 12.7. The Morgan fingerprint density at radius 3 is 2.44 bits per heavy atom. The van der Waals surface area contributed by atoms with Gasteiger partial charge in [-0.05, 0) is 51.2 Å². The number of rotatable bonds is 2. The van der Waals surface area contributed by atoms with Gasteiger partial charge in [0.15, 0.2) is 0 Å². The van der Waals surface area contributed by atoms with E-state index < -0.39 is 23.1 Å². The van der Waals surface area contributed by atoms with Crippen molar-refractivity contribution in [1.29, 1.82) is 0 Å². The standard InChI is InChI=1S/C20H27NO4/c1-19(2,3)25-18(24)21-13-10-14-8-7-9-15(16(14)21)20(17(22)23)11-5-4-6-12-20/h7-9H,4-6,10-13H2,1-3H3,(H,22,23). The van der Waals surface area contributed by atoms with Gasteiger partial charge in [-0.1, -0.05) is 37.5 Å². The smallest absolute Gasteiger partial charge is 0.414 e. The Morgan fingerprint density at radius 2 is 1.84 bits per heavy atom. The van der Waals surface area contributed by atoms with Gasteiger partial charge >= 0.3 is 12.1 Å². The van der Waals surface area contributed by atoms with Crippen molar-refractivity contribution in [3.63, 3.8) is 0 Å². The molecule has 1 aromatic carbocycles. The number of hydrogen-bond donors (Lipinski definition) is 1. The van der Waals surface area contributed by atoms with Crippen LogP contribution in [0.1, 0.15) is 64.0 Å². The Kier molecular flexibility index (Phi) is 4.52. The third kappa shape index (κ3) is 3.24. The van der Waals surface area contributed by atoms with E-state index >= 15 is 0 Å².